The minimum atomic E-state index is 0.0833. The lowest BCUT2D eigenvalue weighted by Crippen LogP contribution is -2.63. The maximum absolute atomic E-state index is 4.57. The third-order valence-corrected chi connectivity index (χ3v) is 9.33. The molecule has 0 aromatic carbocycles. The summed E-state index contributed by atoms with van der Waals surface area (Å²) in [5.74, 6) is 5.57. The van der Waals surface area contributed by atoms with Gasteiger partial charge in [0.1, 0.15) is 0 Å². The topological polar surface area (TPSA) is 9.72 Å². The second-order valence-electron chi connectivity index (χ2n) is 13.3. The van der Waals surface area contributed by atoms with E-state index in [0.717, 1.165) is 112 Å². The number of hydrogen-bond acceptors (Lipinski definition) is 9. The number of thiol groups is 6. The molecule has 0 aromatic heterocycles. The molecule has 0 rings (SSSR count). The lowest BCUT2D eigenvalue weighted by Gasteiger charge is -2.53. The molecule has 0 aliphatic rings. The lowest BCUT2D eigenvalue weighted by atomic mass is 9.73. The number of rotatable bonds is 24. The van der Waals surface area contributed by atoms with E-state index in [9.17, 15) is 0 Å². The zero-order valence-electron chi connectivity index (χ0n) is 29.5. The van der Waals surface area contributed by atoms with Gasteiger partial charge < -0.3 is 4.90 Å². The molecule has 0 radical (unpaired) electrons. The van der Waals surface area contributed by atoms with Gasteiger partial charge >= 0.3 is 0 Å². The molecule has 42 heavy (non-hydrogen) atoms. The Bertz CT molecular complexity index is 532. The Morgan fingerprint density at radius 3 is 0.952 bits per heavy atom. The zero-order valence-corrected chi connectivity index (χ0v) is 34.9. The first-order valence-electron chi connectivity index (χ1n) is 16.6. The standard InChI is InChI=1S/C26H57N3S6.C5H12.C2H6/c1-23(27(11-5-17-30)12-6-18-31)25(29(15-9-21-34)16-10-22-35)26(3,4)24(2)28(13-7-19-32)14-8-20-33;1-5(2,3)4;1-2/h23-25,30-35H,5-22H2,1-4H3;1-4H3;1-2H3. The Balaban J connectivity index is -0.00000195. The van der Waals surface area contributed by atoms with Crippen molar-refractivity contribution < 1.29 is 0 Å². The summed E-state index contributed by atoms with van der Waals surface area (Å²) in [6.07, 6.45) is 6.70. The van der Waals surface area contributed by atoms with Gasteiger partial charge in [-0.15, -0.1) is 0 Å². The highest BCUT2D eigenvalue weighted by Crippen LogP contribution is 2.37. The fraction of sp³-hybridized carbons (Fsp3) is 1.00. The maximum atomic E-state index is 4.57. The molecule has 0 aromatic rings. The largest absolute Gasteiger partial charge is 0.300 e. The van der Waals surface area contributed by atoms with Crippen molar-refractivity contribution in [3.63, 3.8) is 0 Å². The van der Waals surface area contributed by atoms with Gasteiger partial charge in [-0.2, -0.15) is 75.8 Å². The molecule has 0 aliphatic carbocycles. The smallest absolute Gasteiger partial charge is 0.0314 e. The molecule has 0 heterocycles. The van der Waals surface area contributed by atoms with Crippen molar-refractivity contribution >= 4 is 75.8 Å². The van der Waals surface area contributed by atoms with Crippen molar-refractivity contribution in [2.24, 2.45) is 10.8 Å². The average Bonchev–Trinajstić information content (AvgIpc) is 2.94. The molecule has 0 aliphatic heterocycles. The Kier molecular flexibility index (Phi) is 34.9. The summed E-state index contributed by atoms with van der Waals surface area (Å²) < 4.78 is 0. The molecule has 0 amide bonds. The predicted octanol–water partition coefficient (Wildman–Crippen LogP) is 9.06. The van der Waals surface area contributed by atoms with Gasteiger partial charge in [0.25, 0.3) is 0 Å². The van der Waals surface area contributed by atoms with Crippen LogP contribution in [-0.2, 0) is 0 Å². The number of hydrogen-bond donors (Lipinski definition) is 6. The van der Waals surface area contributed by atoms with E-state index in [0.29, 0.717) is 23.5 Å². The highest BCUT2D eigenvalue weighted by molar-refractivity contribution is 7.81. The van der Waals surface area contributed by atoms with Crippen LogP contribution in [0.2, 0.25) is 0 Å². The second-order valence-corrected chi connectivity index (χ2v) is 15.9. The van der Waals surface area contributed by atoms with Crippen molar-refractivity contribution in [3.05, 3.63) is 0 Å². The molecule has 9 heteroatoms. The minimum absolute atomic E-state index is 0.0833. The summed E-state index contributed by atoms with van der Waals surface area (Å²) >= 11 is 27.2. The Labute approximate surface area is 299 Å². The molecule has 0 saturated carbocycles. The Hall–Kier alpha value is 1.98. The van der Waals surface area contributed by atoms with Crippen LogP contribution in [-0.4, -0.2) is 107 Å². The zero-order chi connectivity index (χ0) is 33.2. The van der Waals surface area contributed by atoms with Crippen LogP contribution in [0.25, 0.3) is 0 Å². The third-order valence-electron chi connectivity index (χ3n) is 7.43. The predicted molar refractivity (Wildman–Crippen MR) is 219 cm³/mol. The highest BCUT2D eigenvalue weighted by atomic mass is 32.1. The monoisotopic (exact) mass is 705 g/mol. The first-order chi connectivity index (χ1) is 19.8. The fourth-order valence-corrected chi connectivity index (χ4v) is 6.21. The summed E-state index contributed by atoms with van der Waals surface area (Å²) in [5.41, 5.74) is 0.583. The van der Waals surface area contributed by atoms with Gasteiger partial charge in [0, 0.05) is 18.1 Å². The summed E-state index contributed by atoms with van der Waals surface area (Å²) in [7, 11) is 0. The summed E-state index contributed by atoms with van der Waals surface area (Å²) in [5, 5.41) is 0. The summed E-state index contributed by atoms with van der Waals surface area (Å²) in [6, 6.07) is 1.30. The van der Waals surface area contributed by atoms with E-state index in [1.807, 2.05) is 13.8 Å². The van der Waals surface area contributed by atoms with Crippen LogP contribution in [0, 0.1) is 10.8 Å². The van der Waals surface area contributed by atoms with E-state index in [1.165, 1.54) is 0 Å². The van der Waals surface area contributed by atoms with Crippen LogP contribution >= 0.6 is 75.8 Å². The van der Waals surface area contributed by atoms with Crippen molar-refractivity contribution in [1.82, 2.24) is 14.7 Å². The van der Waals surface area contributed by atoms with E-state index < -0.39 is 0 Å². The van der Waals surface area contributed by atoms with E-state index in [1.54, 1.807) is 0 Å². The van der Waals surface area contributed by atoms with Gasteiger partial charge in [-0.05, 0) is 137 Å². The van der Waals surface area contributed by atoms with Gasteiger partial charge in [0.2, 0.25) is 0 Å². The molecule has 3 atom stereocenters. The van der Waals surface area contributed by atoms with Crippen molar-refractivity contribution in [2.45, 2.75) is 126 Å². The fourth-order valence-electron chi connectivity index (χ4n) is 5.37. The molecule has 0 saturated heterocycles. The maximum Gasteiger partial charge on any atom is 0.0314 e. The van der Waals surface area contributed by atoms with Gasteiger partial charge in [-0.1, -0.05) is 55.4 Å². The van der Waals surface area contributed by atoms with E-state index >= 15 is 0 Å². The number of nitrogens with zero attached hydrogens (tertiary/aromatic N) is 3. The molecule has 0 N–H and O–H groups in total. The Morgan fingerprint density at radius 2 is 0.690 bits per heavy atom. The van der Waals surface area contributed by atoms with Crippen LogP contribution < -0.4 is 0 Å². The van der Waals surface area contributed by atoms with Crippen LogP contribution in [0.1, 0.15) is 108 Å². The molecular formula is C33H75N3S6. The lowest BCUT2D eigenvalue weighted by molar-refractivity contribution is -0.0314. The highest BCUT2D eigenvalue weighted by Gasteiger charge is 2.44. The quantitative estimate of drug-likeness (QED) is 0.0561. The normalized spacial score (nSPS) is 14.4. The minimum Gasteiger partial charge on any atom is -0.300 e. The molecule has 0 spiro atoms. The van der Waals surface area contributed by atoms with Gasteiger partial charge in [0.15, 0.2) is 0 Å². The van der Waals surface area contributed by atoms with Gasteiger partial charge in [-0.3, -0.25) is 9.80 Å². The van der Waals surface area contributed by atoms with Gasteiger partial charge in [-0.25, -0.2) is 0 Å². The van der Waals surface area contributed by atoms with E-state index in [2.05, 4.69) is 146 Å². The molecule has 258 valence electrons. The van der Waals surface area contributed by atoms with E-state index in [-0.39, 0.29) is 5.41 Å². The third kappa shape index (κ3) is 24.2. The van der Waals surface area contributed by atoms with Crippen LogP contribution in [0.5, 0.6) is 0 Å². The molecule has 3 nitrogen and oxygen atoms in total. The summed E-state index contributed by atoms with van der Waals surface area (Å²) in [4.78, 5) is 8.19. The van der Waals surface area contributed by atoms with Crippen LogP contribution in [0.3, 0.4) is 0 Å². The second kappa shape index (κ2) is 30.3. The first-order valence-corrected chi connectivity index (χ1v) is 20.4. The molecular weight excluding hydrogens is 631 g/mol. The van der Waals surface area contributed by atoms with Crippen molar-refractivity contribution in [1.29, 1.82) is 0 Å². The van der Waals surface area contributed by atoms with E-state index in [4.69, 9.17) is 0 Å². The van der Waals surface area contributed by atoms with Crippen LogP contribution in [0.4, 0.5) is 0 Å². The Morgan fingerprint density at radius 1 is 0.452 bits per heavy atom. The molecule has 3 unspecified atom stereocenters. The van der Waals surface area contributed by atoms with Crippen molar-refractivity contribution in [2.75, 3.05) is 73.8 Å². The van der Waals surface area contributed by atoms with Gasteiger partial charge in [0.05, 0.1) is 0 Å². The average molecular weight is 706 g/mol. The molecule has 0 fully saturated rings. The van der Waals surface area contributed by atoms with Crippen molar-refractivity contribution in [3.8, 4) is 0 Å². The SMILES string of the molecule is CC.CC(C(N(CCCS)CCCS)C(C)(C)C(C)N(CCCS)CCCS)N(CCCS)CCCS.CC(C)(C)C. The summed E-state index contributed by atoms with van der Waals surface area (Å²) in [6.45, 7) is 29.2. The van der Waals surface area contributed by atoms with Crippen LogP contribution in [0.15, 0.2) is 0 Å². The first kappa shape index (κ1) is 48.4. The molecule has 0 bridgehead atoms.